The molecule has 8 heteroatoms. The van der Waals surface area contributed by atoms with Crippen LogP contribution in [-0.4, -0.2) is 36.7 Å². The van der Waals surface area contributed by atoms with Crippen LogP contribution in [0.15, 0.2) is 70.6 Å². The number of unbranched alkanes of at least 4 members (excludes halogenated alkanes) is 9. The number of carbonyl (C=O) groups is 2. The molecule has 0 aliphatic rings. The van der Waals surface area contributed by atoms with Crippen LogP contribution < -0.4 is 11.0 Å². The molecule has 0 unspecified atom stereocenters. The number of benzene rings is 2. The van der Waals surface area contributed by atoms with Crippen molar-refractivity contribution in [2.45, 2.75) is 78.1 Å². The number of hydroxylamine groups is 2. The van der Waals surface area contributed by atoms with E-state index in [0.717, 1.165) is 38.8 Å². The van der Waals surface area contributed by atoms with E-state index < -0.39 is 11.9 Å². The minimum absolute atomic E-state index is 0.417. The second-order valence-corrected chi connectivity index (χ2v) is 9.19. The molecule has 2 N–H and O–H groups in total. The highest BCUT2D eigenvalue weighted by Crippen LogP contribution is 2.11. The molecule has 0 heterocycles. The van der Waals surface area contributed by atoms with Gasteiger partial charge in [-0.05, 0) is 51.0 Å². The number of hydrogen-bond acceptors (Lipinski definition) is 6. The second kappa shape index (κ2) is 19.4. The number of rotatable bonds is 15. The van der Waals surface area contributed by atoms with Gasteiger partial charge in [0.1, 0.15) is 11.7 Å². The van der Waals surface area contributed by atoms with E-state index in [1.54, 1.807) is 62.4 Å². The Morgan fingerprint density at radius 3 is 1.21 bits per heavy atom. The van der Waals surface area contributed by atoms with Gasteiger partial charge < -0.3 is 9.68 Å². The van der Waals surface area contributed by atoms with Crippen molar-refractivity contribution in [3.8, 4) is 0 Å². The lowest BCUT2D eigenvalue weighted by molar-refractivity contribution is 0.0377. The first kappa shape index (κ1) is 30.5. The first-order chi connectivity index (χ1) is 18.6. The van der Waals surface area contributed by atoms with Gasteiger partial charge in [-0.25, -0.2) is 20.5 Å². The van der Waals surface area contributed by atoms with Gasteiger partial charge in [-0.1, -0.05) is 87.8 Å². The van der Waals surface area contributed by atoms with Crippen LogP contribution in [0.5, 0.6) is 0 Å². The summed E-state index contributed by atoms with van der Waals surface area (Å²) in [7, 11) is 0. The predicted molar refractivity (Wildman–Crippen MR) is 152 cm³/mol. The quantitative estimate of drug-likeness (QED) is 0.121. The zero-order valence-corrected chi connectivity index (χ0v) is 22.8. The largest absolute Gasteiger partial charge is 0.362 e. The summed E-state index contributed by atoms with van der Waals surface area (Å²) >= 11 is 0. The standard InChI is InChI=1S/C30H42N4O4/c1-25(33-37-29(35)27-19-13-11-14-20-27)31-23-17-9-7-5-3-4-6-8-10-18-24-32-26(2)34-38-30(36)28-21-15-12-16-22-28/h11-16,19-22H,3-10,17-18,23-24H2,1-2H3,(H,31,33)(H,32,34). The first-order valence-corrected chi connectivity index (χ1v) is 13.6. The fourth-order valence-electron chi connectivity index (χ4n) is 3.70. The van der Waals surface area contributed by atoms with Gasteiger partial charge in [0.15, 0.2) is 0 Å². The van der Waals surface area contributed by atoms with Crippen molar-refractivity contribution in [2.24, 2.45) is 9.98 Å². The summed E-state index contributed by atoms with van der Waals surface area (Å²) in [6, 6.07) is 17.7. The molecule has 0 aliphatic carbocycles. The van der Waals surface area contributed by atoms with Gasteiger partial charge in [-0.3, -0.25) is 9.98 Å². The molecule has 0 aliphatic heterocycles. The second-order valence-electron chi connectivity index (χ2n) is 9.19. The molecule has 8 nitrogen and oxygen atoms in total. The number of aliphatic imine (C=N–C) groups is 2. The van der Waals surface area contributed by atoms with Gasteiger partial charge in [0, 0.05) is 13.1 Å². The van der Waals surface area contributed by atoms with Crippen molar-refractivity contribution in [1.29, 1.82) is 0 Å². The van der Waals surface area contributed by atoms with Gasteiger partial charge >= 0.3 is 11.9 Å². The average molecular weight is 523 g/mol. The molecular weight excluding hydrogens is 480 g/mol. The SMILES string of the molecule is CC(=NCCCCCCCCCCCCN=C(C)NOC(=O)c1ccccc1)NOC(=O)c1ccccc1. The van der Waals surface area contributed by atoms with Crippen LogP contribution in [-0.2, 0) is 9.68 Å². The van der Waals surface area contributed by atoms with E-state index in [0.29, 0.717) is 22.8 Å². The summed E-state index contributed by atoms with van der Waals surface area (Å²) in [5, 5.41) is 0. The Labute approximate surface area is 226 Å². The molecule has 38 heavy (non-hydrogen) atoms. The van der Waals surface area contributed by atoms with Crippen molar-refractivity contribution in [3.05, 3.63) is 71.8 Å². The van der Waals surface area contributed by atoms with Crippen molar-refractivity contribution >= 4 is 23.6 Å². The van der Waals surface area contributed by atoms with E-state index in [4.69, 9.17) is 9.68 Å². The van der Waals surface area contributed by atoms with Crippen molar-refractivity contribution in [1.82, 2.24) is 11.0 Å². The van der Waals surface area contributed by atoms with Crippen LogP contribution >= 0.6 is 0 Å². The maximum Gasteiger partial charge on any atom is 0.362 e. The Morgan fingerprint density at radius 2 is 0.868 bits per heavy atom. The van der Waals surface area contributed by atoms with Crippen LogP contribution in [0.3, 0.4) is 0 Å². The average Bonchev–Trinajstić information content (AvgIpc) is 2.95. The van der Waals surface area contributed by atoms with E-state index in [2.05, 4.69) is 20.9 Å². The molecule has 0 fully saturated rings. The number of nitrogens with zero attached hydrogens (tertiary/aromatic N) is 2. The molecule has 0 saturated carbocycles. The first-order valence-electron chi connectivity index (χ1n) is 13.6. The molecule has 0 spiro atoms. The Morgan fingerprint density at radius 1 is 0.553 bits per heavy atom. The predicted octanol–water partition coefficient (Wildman–Crippen LogP) is 6.45. The number of nitrogens with one attached hydrogen (secondary N) is 2. The molecule has 0 saturated heterocycles. The highest BCUT2D eigenvalue weighted by molar-refractivity contribution is 5.91. The van der Waals surface area contributed by atoms with Crippen molar-refractivity contribution < 1.29 is 19.3 Å². The highest BCUT2D eigenvalue weighted by Gasteiger charge is 2.07. The lowest BCUT2D eigenvalue weighted by atomic mass is 10.1. The third kappa shape index (κ3) is 14.2. The van der Waals surface area contributed by atoms with Gasteiger partial charge in [0.05, 0.1) is 11.1 Å². The molecular formula is C30H42N4O4. The van der Waals surface area contributed by atoms with E-state index >= 15 is 0 Å². The van der Waals surface area contributed by atoms with Gasteiger partial charge in [0.2, 0.25) is 0 Å². The van der Waals surface area contributed by atoms with Crippen LogP contribution in [0.25, 0.3) is 0 Å². The summed E-state index contributed by atoms with van der Waals surface area (Å²) in [6.45, 7) is 5.06. The lowest BCUT2D eigenvalue weighted by Gasteiger charge is -2.06. The Hall–Kier alpha value is -3.68. The molecule has 0 amide bonds. The van der Waals surface area contributed by atoms with Gasteiger partial charge in [-0.15, -0.1) is 0 Å². The zero-order chi connectivity index (χ0) is 27.3. The van der Waals surface area contributed by atoms with Crippen molar-refractivity contribution in [2.75, 3.05) is 13.1 Å². The normalized spacial score (nSPS) is 11.6. The van der Waals surface area contributed by atoms with Crippen LogP contribution in [0.1, 0.15) is 98.8 Å². The highest BCUT2D eigenvalue weighted by atomic mass is 16.7. The van der Waals surface area contributed by atoms with Crippen LogP contribution in [0.4, 0.5) is 0 Å². The molecule has 2 aromatic rings. The molecule has 0 radical (unpaired) electrons. The maximum absolute atomic E-state index is 11.9. The molecule has 2 rings (SSSR count). The zero-order valence-electron chi connectivity index (χ0n) is 22.8. The minimum atomic E-state index is -0.417. The summed E-state index contributed by atoms with van der Waals surface area (Å²) in [4.78, 5) is 42.7. The fraction of sp³-hybridized carbons (Fsp3) is 0.467. The smallest absolute Gasteiger partial charge is 0.337 e. The summed E-state index contributed by atoms with van der Waals surface area (Å²) < 4.78 is 0. The summed E-state index contributed by atoms with van der Waals surface area (Å²) in [6.07, 6.45) is 11.9. The number of amidine groups is 2. The molecule has 0 bridgehead atoms. The molecule has 0 aromatic heterocycles. The van der Waals surface area contributed by atoms with E-state index in [9.17, 15) is 9.59 Å². The van der Waals surface area contributed by atoms with E-state index in [-0.39, 0.29) is 0 Å². The summed E-state index contributed by atoms with van der Waals surface area (Å²) in [5.41, 5.74) is 6.24. The molecule has 206 valence electrons. The third-order valence-electron chi connectivity index (χ3n) is 5.87. The van der Waals surface area contributed by atoms with Crippen molar-refractivity contribution in [3.63, 3.8) is 0 Å². The topological polar surface area (TPSA) is 101 Å². The van der Waals surface area contributed by atoms with E-state index in [1.807, 2.05) is 12.1 Å². The Bertz CT molecular complexity index is 912. The Kier molecular flexibility index (Phi) is 15.6. The molecule has 0 atom stereocenters. The van der Waals surface area contributed by atoms with Crippen LogP contribution in [0, 0.1) is 0 Å². The lowest BCUT2D eigenvalue weighted by Crippen LogP contribution is -2.25. The minimum Gasteiger partial charge on any atom is -0.337 e. The van der Waals surface area contributed by atoms with Gasteiger partial charge in [-0.2, -0.15) is 0 Å². The van der Waals surface area contributed by atoms with Crippen LogP contribution in [0.2, 0.25) is 0 Å². The monoisotopic (exact) mass is 522 g/mol. The maximum atomic E-state index is 11.9. The number of carbonyl (C=O) groups excluding carboxylic acids is 2. The number of hydrogen-bond donors (Lipinski definition) is 2. The fourth-order valence-corrected chi connectivity index (χ4v) is 3.70. The Balaban J connectivity index is 1.36. The van der Waals surface area contributed by atoms with Gasteiger partial charge in [0.25, 0.3) is 0 Å². The molecule has 2 aromatic carbocycles. The third-order valence-corrected chi connectivity index (χ3v) is 5.87. The van der Waals surface area contributed by atoms with E-state index in [1.165, 1.54) is 38.5 Å². The summed E-state index contributed by atoms with van der Waals surface area (Å²) in [5.74, 6) is 0.385.